The zero-order valence-electron chi connectivity index (χ0n) is 13.4. The van der Waals surface area contributed by atoms with Crippen molar-refractivity contribution < 1.29 is 9.47 Å². The molecule has 0 spiro atoms. The van der Waals surface area contributed by atoms with Crippen molar-refractivity contribution in [1.29, 1.82) is 0 Å². The largest absolute Gasteiger partial charge is 0.483 e. The zero-order chi connectivity index (χ0) is 15.4. The zero-order valence-corrected chi connectivity index (χ0v) is 13.4. The Morgan fingerprint density at radius 2 is 1.05 bits per heavy atom. The van der Waals surface area contributed by atoms with Crippen LogP contribution in [0.15, 0.2) is 9.59 Å². The predicted molar refractivity (Wildman–Crippen MR) is 80.4 cm³/mol. The summed E-state index contributed by atoms with van der Waals surface area (Å²) in [4.78, 5) is 23.3. The van der Waals surface area contributed by atoms with Crippen molar-refractivity contribution in [2.45, 2.75) is 66.6 Å². The van der Waals surface area contributed by atoms with Crippen molar-refractivity contribution in [2.75, 3.05) is 0 Å². The molecule has 0 N–H and O–H groups in total. The molecule has 4 heteroatoms. The van der Waals surface area contributed by atoms with E-state index in [0.29, 0.717) is 11.8 Å². The van der Waals surface area contributed by atoms with Gasteiger partial charge in [-0.05, 0) is 25.7 Å². The SMILES string of the molecule is CCC(C)C(C)Oc1c(OC(C)C(C)CC)c(=O)c1=O. The van der Waals surface area contributed by atoms with Crippen LogP contribution in [0.25, 0.3) is 0 Å². The number of rotatable bonds is 8. The van der Waals surface area contributed by atoms with E-state index < -0.39 is 10.9 Å². The molecule has 0 bridgehead atoms. The number of ether oxygens (including phenoxy) is 2. The molecule has 0 aromatic heterocycles. The summed E-state index contributed by atoms with van der Waals surface area (Å²) >= 11 is 0. The minimum Gasteiger partial charge on any atom is -0.483 e. The molecule has 0 saturated carbocycles. The molecule has 1 aromatic rings. The van der Waals surface area contributed by atoms with Gasteiger partial charge in [-0.1, -0.05) is 40.5 Å². The fourth-order valence-electron chi connectivity index (χ4n) is 1.83. The van der Waals surface area contributed by atoms with Gasteiger partial charge in [0.25, 0.3) is 10.9 Å². The van der Waals surface area contributed by atoms with Crippen molar-refractivity contribution in [2.24, 2.45) is 11.8 Å². The van der Waals surface area contributed by atoms with Crippen LogP contribution in [0, 0.1) is 11.8 Å². The van der Waals surface area contributed by atoms with Gasteiger partial charge in [-0.15, -0.1) is 0 Å². The summed E-state index contributed by atoms with van der Waals surface area (Å²) in [6, 6.07) is 0. The van der Waals surface area contributed by atoms with E-state index in [2.05, 4.69) is 27.7 Å². The monoisotopic (exact) mass is 282 g/mol. The second-order valence-electron chi connectivity index (χ2n) is 5.73. The van der Waals surface area contributed by atoms with Crippen molar-refractivity contribution >= 4 is 0 Å². The highest BCUT2D eigenvalue weighted by molar-refractivity contribution is 5.46. The first-order valence-corrected chi connectivity index (χ1v) is 7.49. The quantitative estimate of drug-likeness (QED) is 0.688. The van der Waals surface area contributed by atoms with Gasteiger partial charge in [0.05, 0.1) is 12.2 Å². The maximum atomic E-state index is 11.6. The third kappa shape index (κ3) is 3.41. The van der Waals surface area contributed by atoms with E-state index >= 15 is 0 Å². The maximum Gasteiger partial charge on any atom is 0.275 e. The van der Waals surface area contributed by atoms with E-state index in [1.807, 2.05) is 13.8 Å². The molecular formula is C16H26O4. The van der Waals surface area contributed by atoms with Crippen molar-refractivity contribution in [3.05, 3.63) is 20.4 Å². The predicted octanol–water partition coefficient (Wildman–Crippen LogP) is 2.91. The van der Waals surface area contributed by atoms with Crippen LogP contribution >= 0.6 is 0 Å². The molecule has 20 heavy (non-hydrogen) atoms. The first kappa shape index (κ1) is 16.7. The number of hydrogen-bond acceptors (Lipinski definition) is 4. The van der Waals surface area contributed by atoms with Gasteiger partial charge in [0.1, 0.15) is 0 Å². The highest BCUT2D eigenvalue weighted by atomic mass is 16.5. The van der Waals surface area contributed by atoms with E-state index in [9.17, 15) is 9.59 Å². The molecule has 0 aliphatic rings. The van der Waals surface area contributed by atoms with Crippen LogP contribution in [-0.2, 0) is 0 Å². The van der Waals surface area contributed by atoms with Gasteiger partial charge in [0.15, 0.2) is 0 Å². The summed E-state index contributed by atoms with van der Waals surface area (Å²) in [5, 5.41) is 0. The Hall–Kier alpha value is -1.32. The lowest BCUT2D eigenvalue weighted by molar-refractivity contribution is 0.118. The Morgan fingerprint density at radius 1 is 0.750 bits per heavy atom. The fraction of sp³-hybridized carbons (Fsp3) is 0.750. The third-order valence-corrected chi connectivity index (χ3v) is 4.32. The van der Waals surface area contributed by atoms with Crippen molar-refractivity contribution in [3.8, 4) is 11.5 Å². The topological polar surface area (TPSA) is 52.6 Å². The first-order valence-electron chi connectivity index (χ1n) is 7.49. The van der Waals surface area contributed by atoms with Crippen LogP contribution in [0.4, 0.5) is 0 Å². The third-order valence-electron chi connectivity index (χ3n) is 4.32. The van der Waals surface area contributed by atoms with Crippen LogP contribution in [0.1, 0.15) is 54.4 Å². The molecule has 1 rings (SSSR count). The second kappa shape index (κ2) is 6.91. The lowest BCUT2D eigenvalue weighted by atomic mass is 10.0. The summed E-state index contributed by atoms with van der Waals surface area (Å²) in [5.41, 5.74) is -1.13. The van der Waals surface area contributed by atoms with E-state index in [4.69, 9.17) is 9.47 Å². The van der Waals surface area contributed by atoms with Crippen LogP contribution in [-0.4, -0.2) is 12.2 Å². The molecule has 0 radical (unpaired) electrons. The summed E-state index contributed by atoms with van der Waals surface area (Å²) in [6.45, 7) is 12.1. The molecule has 4 unspecified atom stereocenters. The van der Waals surface area contributed by atoms with E-state index in [1.165, 1.54) is 0 Å². The summed E-state index contributed by atoms with van der Waals surface area (Å²) in [7, 11) is 0. The van der Waals surface area contributed by atoms with Gasteiger partial charge in [0.2, 0.25) is 11.5 Å². The Morgan fingerprint density at radius 3 is 1.30 bits per heavy atom. The summed E-state index contributed by atoms with van der Waals surface area (Å²) < 4.78 is 11.3. The van der Waals surface area contributed by atoms with E-state index in [0.717, 1.165) is 12.8 Å². The second-order valence-corrected chi connectivity index (χ2v) is 5.73. The van der Waals surface area contributed by atoms with Crippen molar-refractivity contribution in [1.82, 2.24) is 0 Å². The Kier molecular flexibility index (Phi) is 5.78. The smallest absolute Gasteiger partial charge is 0.275 e. The minimum absolute atomic E-state index is 0.107. The molecule has 4 atom stereocenters. The van der Waals surface area contributed by atoms with E-state index in [-0.39, 0.29) is 23.7 Å². The van der Waals surface area contributed by atoms with Gasteiger partial charge < -0.3 is 9.47 Å². The standard InChI is InChI=1S/C16H26O4/c1-7-9(3)11(5)19-15-13(17)14(18)16(15)20-12(6)10(4)8-2/h9-12H,7-8H2,1-6H3. The summed E-state index contributed by atoms with van der Waals surface area (Å²) in [6.07, 6.45) is 1.70. The molecule has 0 amide bonds. The molecule has 4 nitrogen and oxygen atoms in total. The fourth-order valence-corrected chi connectivity index (χ4v) is 1.83. The molecule has 1 aromatic carbocycles. The molecular weight excluding hydrogens is 256 g/mol. The molecule has 0 heterocycles. The average molecular weight is 282 g/mol. The highest BCUT2D eigenvalue weighted by Gasteiger charge is 2.29. The molecule has 114 valence electrons. The van der Waals surface area contributed by atoms with Gasteiger partial charge in [-0.3, -0.25) is 9.59 Å². The maximum absolute atomic E-state index is 11.6. The van der Waals surface area contributed by atoms with Crippen LogP contribution in [0.2, 0.25) is 0 Å². The normalized spacial score (nSPS) is 17.5. The molecule has 0 aliphatic carbocycles. The Bertz CT molecular complexity index is 453. The molecule has 0 saturated heterocycles. The molecule has 0 fully saturated rings. The molecule has 0 aliphatic heterocycles. The summed E-state index contributed by atoms with van der Waals surface area (Å²) in [5.74, 6) is 0.856. The van der Waals surface area contributed by atoms with Gasteiger partial charge in [-0.2, -0.15) is 0 Å². The Balaban J connectivity index is 2.82. The van der Waals surface area contributed by atoms with Crippen LogP contribution in [0.3, 0.4) is 0 Å². The van der Waals surface area contributed by atoms with E-state index in [1.54, 1.807) is 0 Å². The first-order chi connectivity index (χ1) is 9.33. The lowest BCUT2D eigenvalue weighted by Gasteiger charge is -2.25. The highest BCUT2D eigenvalue weighted by Crippen LogP contribution is 2.26. The number of hydrogen-bond donors (Lipinski definition) is 0. The minimum atomic E-state index is -0.563. The van der Waals surface area contributed by atoms with Crippen molar-refractivity contribution in [3.63, 3.8) is 0 Å². The van der Waals surface area contributed by atoms with Crippen LogP contribution < -0.4 is 20.3 Å². The van der Waals surface area contributed by atoms with Gasteiger partial charge >= 0.3 is 0 Å². The van der Waals surface area contributed by atoms with Gasteiger partial charge in [0, 0.05) is 0 Å². The Labute approximate surface area is 120 Å². The average Bonchev–Trinajstić information content (AvgIpc) is 2.47. The lowest BCUT2D eigenvalue weighted by Crippen LogP contribution is -2.39. The van der Waals surface area contributed by atoms with Crippen LogP contribution in [0.5, 0.6) is 11.5 Å². The van der Waals surface area contributed by atoms with Gasteiger partial charge in [-0.25, -0.2) is 0 Å².